The van der Waals surface area contributed by atoms with Gasteiger partial charge in [-0.15, -0.1) is 0 Å². The molecule has 0 aromatic carbocycles. The van der Waals surface area contributed by atoms with Crippen molar-refractivity contribution < 1.29 is 19.1 Å². The molecular formula is C17H32N6O4. The van der Waals surface area contributed by atoms with E-state index in [0.717, 1.165) is 32.2 Å². The van der Waals surface area contributed by atoms with Crippen LogP contribution in [0.2, 0.25) is 0 Å². The molecule has 0 aromatic rings. The average Bonchev–Trinajstić information content (AvgIpc) is 2.65. The van der Waals surface area contributed by atoms with Crippen molar-refractivity contribution >= 4 is 17.9 Å². The van der Waals surface area contributed by atoms with Crippen molar-refractivity contribution in [3.05, 3.63) is 0 Å². The molecule has 0 spiro atoms. The Kier molecular flexibility index (Phi) is 8.59. The molecule has 0 aromatic heterocycles. The van der Waals surface area contributed by atoms with Crippen LogP contribution in [-0.2, 0) is 14.3 Å². The van der Waals surface area contributed by atoms with Gasteiger partial charge in [0.15, 0.2) is 0 Å². The van der Waals surface area contributed by atoms with E-state index >= 15 is 0 Å². The number of fused-ring (bicyclic) bond motifs is 1. The van der Waals surface area contributed by atoms with E-state index in [9.17, 15) is 9.59 Å². The van der Waals surface area contributed by atoms with Crippen LogP contribution in [0.3, 0.4) is 0 Å². The highest BCUT2D eigenvalue weighted by Gasteiger charge is 2.38. The predicted octanol–water partition coefficient (Wildman–Crippen LogP) is -0.0749. The van der Waals surface area contributed by atoms with E-state index in [0.29, 0.717) is 30.0 Å². The van der Waals surface area contributed by atoms with Gasteiger partial charge in [0.25, 0.3) is 0 Å². The summed E-state index contributed by atoms with van der Waals surface area (Å²) in [7, 11) is 0. The van der Waals surface area contributed by atoms with E-state index in [4.69, 9.17) is 22.0 Å². The Morgan fingerprint density at radius 2 is 1.89 bits per heavy atom. The number of hydrazine groups is 1. The van der Waals surface area contributed by atoms with Gasteiger partial charge >= 0.3 is 12.1 Å². The number of hydrogen-bond donors (Lipinski definition) is 5. The number of hydrazone groups is 1. The number of nitrogens with zero attached hydrogens (tertiary/aromatic N) is 1. The Morgan fingerprint density at radius 1 is 1.11 bits per heavy atom. The molecule has 1 heterocycles. The van der Waals surface area contributed by atoms with Gasteiger partial charge in [0.05, 0.1) is 13.2 Å². The van der Waals surface area contributed by atoms with Crippen molar-refractivity contribution in [1.29, 1.82) is 0 Å². The van der Waals surface area contributed by atoms with Crippen LogP contribution in [0.4, 0.5) is 4.79 Å². The Balaban J connectivity index is 1.71. The second-order valence-corrected chi connectivity index (χ2v) is 7.36. The van der Waals surface area contributed by atoms with E-state index in [-0.39, 0.29) is 25.2 Å². The molecule has 2 rings (SSSR count). The first kappa shape index (κ1) is 21.2. The van der Waals surface area contributed by atoms with Gasteiger partial charge in [0.1, 0.15) is 11.9 Å². The third-order valence-corrected chi connectivity index (χ3v) is 5.49. The lowest BCUT2D eigenvalue weighted by Gasteiger charge is -2.42. The lowest BCUT2D eigenvalue weighted by molar-refractivity contribution is -0.148. The quantitative estimate of drug-likeness (QED) is 0.0919. The Bertz CT molecular complexity index is 530. The predicted molar refractivity (Wildman–Crippen MR) is 100 cm³/mol. The second kappa shape index (κ2) is 10.9. The molecule has 8 N–H and O–H groups in total. The minimum absolute atomic E-state index is 0.152. The summed E-state index contributed by atoms with van der Waals surface area (Å²) < 4.78 is 9.90. The van der Waals surface area contributed by atoms with Crippen LogP contribution in [-0.4, -0.2) is 43.7 Å². The van der Waals surface area contributed by atoms with Gasteiger partial charge in [-0.25, -0.2) is 16.2 Å². The number of ether oxygens (including phenoxy) is 2. The molecule has 10 heteroatoms. The topological polar surface area (TPSA) is 167 Å². The van der Waals surface area contributed by atoms with Gasteiger partial charge in [-0.1, -0.05) is 6.42 Å². The molecule has 2 aliphatic rings. The maximum Gasteiger partial charge on any atom is 0.404 e. The first-order valence-electron chi connectivity index (χ1n) is 9.59. The highest BCUT2D eigenvalue weighted by Crippen LogP contribution is 2.40. The lowest BCUT2D eigenvalue weighted by Crippen LogP contribution is -2.50. The Hall–Kier alpha value is -2.07. The molecule has 0 bridgehead atoms. The number of rotatable bonds is 9. The largest absolute Gasteiger partial charge is 0.464 e. The van der Waals surface area contributed by atoms with Crippen molar-refractivity contribution in [3.8, 4) is 0 Å². The van der Waals surface area contributed by atoms with E-state index in [1.807, 2.05) is 0 Å². The third-order valence-electron chi connectivity index (χ3n) is 5.49. The van der Waals surface area contributed by atoms with Crippen LogP contribution in [0, 0.1) is 17.8 Å². The number of primary amides is 1. The monoisotopic (exact) mass is 384 g/mol. The summed E-state index contributed by atoms with van der Waals surface area (Å²) in [5.41, 5.74) is 12.9. The molecule has 0 radical (unpaired) electrons. The summed E-state index contributed by atoms with van der Waals surface area (Å²) in [4.78, 5) is 22.8. The molecule has 1 saturated heterocycles. The molecule has 1 aliphatic heterocycles. The number of nitrogens with two attached hydrogens (primary N) is 3. The van der Waals surface area contributed by atoms with Crippen LogP contribution in [0.1, 0.15) is 44.9 Å². The maximum atomic E-state index is 12.3. The zero-order chi connectivity index (χ0) is 19.6. The number of hydrogen-bond acceptors (Lipinski definition) is 8. The molecule has 1 amide bonds. The fourth-order valence-electron chi connectivity index (χ4n) is 4.10. The van der Waals surface area contributed by atoms with Gasteiger partial charge in [-0.3, -0.25) is 4.79 Å². The van der Waals surface area contributed by atoms with E-state index in [2.05, 4.69) is 20.7 Å². The van der Waals surface area contributed by atoms with Crippen LogP contribution in [0.15, 0.2) is 5.10 Å². The van der Waals surface area contributed by atoms with Gasteiger partial charge in [0.2, 0.25) is 0 Å². The number of amides is 1. The molecule has 154 valence electrons. The Morgan fingerprint density at radius 3 is 2.63 bits per heavy atom. The summed E-state index contributed by atoms with van der Waals surface area (Å²) in [6.07, 6.45) is 5.59. The van der Waals surface area contributed by atoms with Crippen molar-refractivity contribution in [2.45, 2.75) is 51.0 Å². The van der Waals surface area contributed by atoms with Crippen LogP contribution in [0.5, 0.6) is 0 Å². The molecule has 10 nitrogen and oxygen atoms in total. The average molecular weight is 384 g/mol. The van der Waals surface area contributed by atoms with E-state index in [1.165, 1.54) is 12.8 Å². The highest BCUT2D eigenvalue weighted by atomic mass is 16.6. The molecule has 1 aliphatic carbocycles. The summed E-state index contributed by atoms with van der Waals surface area (Å²) in [5.74, 6) is 7.15. The molecule has 4 atom stereocenters. The van der Waals surface area contributed by atoms with Gasteiger partial charge in [-0.05, 0) is 50.0 Å². The Labute approximate surface area is 159 Å². The van der Waals surface area contributed by atoms with Gasteiger partial charge in [0, 0.05) is 12.8 Å². The standard InChI is InChI=1S/C17H32N6O4/c18-15(22-23-20)5-3-11-2-4-12-10-21-14(9-13(12)8-11)16(24)26-6-1-7-27-17(19)25/h11-14,21,23H,1-10,20H2,(H2,18,22)(H2,19,25). The molecule has 2 fully saturated rings. The summed E-state index contributed by atoms with van der Waals surface area (Å²) in [6.45, 7) is 1.22. The second-order valence-electron chi connectivity index (χ2n) is 7.36. The molecule has 27 heavy (non-hydrogen) atoms. The maximum absolute atomic E-state index is 12.3. The van der Waals surface area contributed by atoms with Gasteiger partial charge in [-0.2, -0.15) is 5.10 Å². The van der Waals surface area contributed by atoms with E-state index in [1.54, 1.807) is 0 Å². The van der Waals surface area contributed by atoms with Crippen LogP contribution < -0.4 is 28.2 Å². The number of amidine groups is 1. The fourth-order valence-corrected chi connectivity index (χ4v) is 4.10. The van der Waals surface area contributed by atoms with Crippen LogP contribution in [0.25, 0.3) is 0 Å². The number of nitrogens with one attached hydrogen (secondary N) is 2. The van der Waals surface area contributed by atoms with Crippen molar-refractivity contribution in [2.75, 3.05) is 19.8 Å². The first-order valence-corrected chi connectivity index (χ1v) is 9.59. The zero-order valence-electron chi connectivity index (χ0n) is 15.7. The highest BCUT2D eigenvalue weighted by molar-refractivity contribution is 5.79. The first-order chi connectivity index (χ1) is 13.0. The summed E-state index contributed by atoms with van der Waals surface area (Å²) >= 11 is 0. The SMILES string of the molecule is NN/N=C(\N)CCC1CCC2CNC(C(=O)OCCCOC(N)=O)CC2C1. The third kappa shape index (κ3) is 7.22. The van der Waals surface area contributed by atoms with E-state index < -0.39 is 6.09 Å². The van der Waals surface area contributed by atoms with Crippen LogP contribution >= 0.6 is 0 Å². The van der Waals surface area contributed by atoms with Crippen molar-refractivity contribution in [1.82, 2.24) is 10.9 Å². The van der Waals surface area contributed by atoms with Gasteiger partial charge < -0.3 is 26.3 Å². The molecule has 4 unspecified atom stereocenters. The number of carbonyl (C=O) groups excluding carboxylic acids is 2. The zero-order valence-corrected chi connectivity index (χ0v) is 15.7. The number of esters is 1. The van der Waals surface area contributed by atoms with Crippen molar-refractivity contribution in [2.24, 2.45) is 40.2 Å². The number of piperidine rings is 1. The molecular weight excluding hydrogens is 352 g/mol. The minimum Gasteiger partial charge on any atom is -0.464 e. The number of carbonyl (C=O) groups is 2. The summed E-state index contributed by atoms with van der Waals surface area (Å²) in [6, 6.07) is -0.268. The molecule has 1 saturated carbocycles. The normalized spacial score (nSPS) is 28.1. The fraction of sp³-hybridized carbons (Fsp3) is 0.824. The smallest absolute Gasteiger partial charge is 0.404 e. The lowest BCUT2D eigenvalue weighted by atomic mass is 9.69. The van der Waals surface area contributed by atoms with Crippen molar-refractivity contribution in [3.63, 3.8) is 0 Å². The minimum atomic E-state index is -0.819. The summed E-state index contributed by atoms with van der Waals surface area (Å²) in [5, 5.41) is 7.11.